The normalized spacial score (nSPS) is 9.44. The summed E-state index contributed by atoms with van der Waals surface area (Å²) in [6.07, 6.45) is 4.00. The summed E-state index contributed by atoms with van der Waals surface area (Å²) in [7, 11) is 0. The fraction of sp³-hybridized carbons (Fsp3) is 0.333. The number of fused-ring (bicyclic) bond motifs is 1. The Balaban J connectivity index is 0.000000187. The van der Waals surface area contributed by atoms with Gasteiger partial charge in [0.2, 0.25) is 0 Å². The molecule has 0 saturated carbocycles. The highest BCUT2D eigenvalue weighted by molar-refractivity contribution is 5.65. The molecule has 0 aliphatic heterocycles. The molecule has 0 aliphatic carbocycles. The summed E-state index contributed by atoms with van der Waals surface area (Å²) < 4.78 is 6.41. The molecule has 2 rings (SSSR count). The number of ether oxygens (including phenoxy) is 1. The molecule has 0 unspecified atom stereocenters. The monoisotopic (exact) mass is 220 g/mol. The Kier molecular flexibility index (Phi) is 4.51. The molecule has 0 bridgehead atoms. The quantitative estimate of drug-likeness (QED) is 0.692. The molecule has 2 aromatic heterocycles. The number of hydrogen-bond donors (Lipinski definition) is 0. The van der Waals surface area contributed by atoms with E-state index in [1.165, 1.54) is 6.92 Å². The molecule has 0 aromatic carbocycles. The minimum absolute atomic E-state index is 0.211. The van der Waals surface area contributed by atoms with Crippen LogP contribution in [-0.4, -0.2) is 22.0 Å². The lowest BCUT2D eigenvalue weighted by Crippen LogP contribution is -1.95. The zero-order valence-electron chi connectivity index (χ0n) is 9.80. The zero-order chi connectivity index (χ0) is 12.0. The minimum Gasteiger partial charge on any atom is -0.466 e. The molecule has 0 N–H and O–H groups in total. The van der Waals surface area contributed by atoms with Crippen molar-refractivity contribution in [3.63, 3.8) is 0 Å². The SMILES string of the molecule is CCOC(C)=O.Cc1cn2ccccc2n1. The van der Waals surface area contributed by atoms with Gasteiger partial charge in [0.05, 0.1) is 12.3 Å². The summed E-state index contributed by atoms with van der Waals surface area (Å²) >= 11 is 0. The van der Waals surface area contributed by atoms with E-state index in [9.17, 15) is 4.79 Å². The summed E-state index contributed by atoms with van der Waals surface area (Å²) in [4.78, 5) is 14.1. The van der Waals surface area contributed by atoms with Crippen LogP contribution >= 0.6 is 0 Å². The molecule has 0 radical (unpaired) electrons. The van der Waals surface area contributed by atoms with Gasteiger partial charge in [0.1, 0.15) is 5.65 Å². The Labute approximate surface area is 94.9 Å². The number of pyridine rings is 1. The first-order chi connectivity index (χ1) is 7.63. The first kappa shape index (κ1) is 12.2. The van der Waals surface area contributed by atoms with Crippen molar-refractivity contribution < 1.29 is 9.53 Å². The number of hydrogen-bond acceptors (Lipinski definition) is 3. The number of nitrogens with zero attached hydrogens (tertiary/aromatic N) is 2. The summed E-state index contributed by atoms with van der Waals surface area (Å²) in [5, 5.41) is 0. The van der Waals surface area contributed by atoms with Crippen molar-refractivity contribution in [2.75, 3.05) is 6.61 Å². The summed E-state index contributed by atoms with van der Waals surface area (Å²) in [6, 6.07) is 5.98. The van der Waals surface area contributed by atoms with Crippen LogP contribution in [0.15, 0.2) is 30.6 Å². The van der Waals surface area contributed by atoms with Crippen molar-refractivity contribution >= 4 is 11.6 Å². The zero-order valence-corrected chi connectivity index (χ0v) is 9.80. The van der Waals surface area contributed by atoms with Crippen molar-refractivity contribution in [2.45, 2.75) is 20.8 Å². The van der Waals surface area contributed by atoms with E-state index < -0.39 is 0 Å². The van der Waals surface area contributed by atoms with Crippen LogP contribution in [0.5, 0.6) is 0 Å². The van der Waals surface area contributed by atoms with Crippen LogP contribution < -0.4 is 0 Å². The molecule has 16 heavy (non-hydrogen) atoms. The number of aryl methyl sites for hydroxylation is 1. The Morgan fingerprint density at radius 2 is 2.25 bits per heavy atom. The lowest BCUT2D eigenvalue weighted by molar-refractivity contribution is -0.140. The fourth-order valence-corrected chi connectivity index (χ4v) is 1.26. The van der Waals surface area contributed by atoms with Crippen molar-refractivity contribution in [1.29, 1.82) is 0 Å². The van der Waals surface area contributed by atoms with Gasteiger partial charge in [-0.1, -0.05) is 6.07 Å². The molecule has 4 nitrogen and oxygen atoms in total. The van der Waals surface area contributed by atoms with E-state index in [-0.39, 0.29) is 5.97 Å². The lowest BCUT2D eigenvalue weighted by Gasteiger charge is -1.89. The highest BCUT2D eigenvalue weighted by Gasteiger charge is 1.92. The third-order valence-corrected chi connectivity index (χ3v) is 1.83. The molecule has 0 spiro atoms. The highest BCUT2D eigenvalue weighted by atomic mass is 16.5. The number of esters is 1. The van der Waals surface area contributed by atoms with Gasteiger partial charge in [-0.05, 0) is 26.0 Å². The number of carbonyl (C=O) groups excluding carboxylic acids is 1. The molecule has 0 aliphatic rings. The van der Waals surface area contributed by atoms with Crippen LogP contribution in [0.1, 0.15) is 19.5 Å². The number of aromatic nitrogens is 2. The van der Waals surface area contributed by atoms with Gasteiger partial charge in [-0.3, -0.25) is 4.79 Å². The first-order valence-corrected chi connectivity index (χ1v) is 5.17. The van der Waals surface area contributed by atoms with Crippen molar-refractivity contribution in [3.8, 4) is 0 Å². The summed E-state index contributed by atoms with van der Waals surface area (Å²) in [6.45, 7) is 5.65. The average Bonchev–Trinajstić information content (AvgIpc) is 2.58. The van der Waals surface area contributed by atoms with Gasteiger partial charge in [-0.2, -0.15) is 0 Å². The topological polar surface area (TPSA) is 43.6 Å². The molecular formula is C12H16N2O2. The third-order valence-electron chi connectivity index (χ3n) is 1.83. The van der Waals surface area contributed by atoms with E-state index in [4.69, 9.17) is 0 Å². The lowest BCUT2D eigenvalue weighted by atomic mass is 10.5. The maximum Gasteiger partial charge on any atom is 0.302 e. The Morgan fingerprint density at radius 1 is 1.50 bits per heavy atom. The van der Waals surface area contributed by atoms with Gasteiger partial charge in [-0.15, -0.1) is 0 Å². The van der Waals surface area contributed by atoms with Gasteiger partial charge in [0, 0.05) is 19.3 Å². The highest BCUT2D eigenvalue weighted by Crippen LogP contribution is 2.01. The maximum atomic E-state index is 9.82. The fourth-order valence-electron chi connectivity index (χ4n) is 1.26. The van der Waals surface area contributed by atoms with Gasteiger partial charge in [0.25, 0.3) is 0 Å². The van der Waals surface area contributed by atoms with E-state index in [0.29, 0.717) is 6.61 Å². The maximum absolute atomic E-state index is 9.82. The first-order valence-electron chi connectivity index (χ1n) is 5.17. The van der Waals surface area contributed by atoms with Crippen LogP contribution in [0.25, 0.3) is 5.65 Å². The molecule has 86 valence electrons. The predicted molar refractivity (Wildman–Crippen MR) is 62.2 cm³/mol. The van der Waals surface area contributed by atoms with E-state index in [1.807, 2.05) is 41.9 Å². The van der Waals surface area contributed by atoms with Crippen molar-refractivity contribution in [3.05, 3.63) is 36.3 Å². The average molecular weight is 220 g/mol. The Morgan fingerprint density at radius 3 is 2.75 bits per heavy atom. The summed E-state index contributed by atoms with van der Waals surface area (Å²) in [5.74, 6) is -0.211. The summed E-state index contributed by atoms with van der Waals surface area (Å²) in [5.41, 5.74) is 2.08. The standard InChI is InChI=1S/C8H8N2.C4H8O2/c1-7-6-10-5-3-2-4-8(10)9-7;1-3-6-4(2)5/h2-6H,1H3;3H2,1-2H3. The molecule has 2 heterocycles. The van der Waals surface area contributed by atoms with E-state index >= 15 is 0 Å². The Bertz CT molecular complexity index is 430. The smallest absolute Gasteiger partial charge is 0.302 e. The van der Waals surface area contributed by atoms with Crippen LogP contribution in [0.4, 0.5) is 0 Å². The second kappa shape index (κ2) is 5.90. The molecule has 4 heteroatoms. The van der Waals surface area contributed by atoms with Crippen LogP contribution in [-0.2, 0) is 9.53 Å². The van der Waals surface area contributed by atoms with Gasteiger partial charge < -0.3 is 9.14 Å². The number of carbonyl (C=O) groups is 1. The second-order valence-electron chi connectivity index (χ2n) is 3.27. The predicted octanol–water partition coefficient (Wildman–Crippen LogP) is 2.21. The molecule has 0 saturated heterocycles. The van der Waals surface area contributed by atoms with Crippen LogP contribution in [0.3, 0.4) is 0 Å². The molecule has 0 fully saturated rings. The number of rotatable bonds is 1. The third kappa shape index (κ3) is 3.73. The molecular weight excluding hydrogens is 204 g/mol. The Hall–Kier alpha value is -1.84. The minimum atomic E-state index is -0.211. The van der Waals surface area contributed by atoms with Gasteiger partial charge in [-0.25, -0.2) is 4.98 Å². The number of imidazole rings is 1. The van der Waals surface area contributed by atoms with E-state index in [1.54, 1.807) is 6.92 Å². The van der Waals surface area contributed by atoms with Crippen molar-refractivity contribution in [2.24, 2.45) is 0 Å². The van der Waals surface area contributed by atoms with Crippen LogP contribution in [0.2, 0.25) is 0 Å². The molecule has 0 amide bonds. The van der Waals surface area contributed by atoms with Crippen molar-refractivity contribution in [1.82, 2.24) is 9.38 Å². The van der Waals surface area contributed by atoms with Crippen LogP contribution in [0, 0.1) is 6.92 Å². The van der Waals surface area contributed by atoms with Gasteiger partial charge >= 0.3 is 5.97 Å². The molecule has 0 atom stereocenters. The molecule has 2 aromatic rings. The van der Waals surface area contributed by atoms with Gasteiger partial charge in [0.15, 0.2) is 0 Å². The largest absolute Gasteiger partial charge is 0.466 e. The second-order valence-corrected chi connectivity index (χ2v) is 3.27. The van der Waals surface area contributed by atoms with E-state index in [2.05, 4.69) is 9.72 Å². The van der Waals surface area contributed by atoms with E-state index in [0.717, 1.165) is 11.3 Å².